The summed E-state index contributed by atoms with van der Waals surface area (Å²) in [6.07, 6.45) is 0. The Kier molecular flexibility index (Phi) is 3.39. The summed E-state index contributed by atoms with van der Waals surface area (Å²) in [6.45, 7) is 3.64. The van der Waals surface area contributed by atoms with Crippen LogP contribution >= 0.6 is 0 Å². The maximum absolute atomic E-state index is 12.9. The van der Waals surface area contributed by atoms with Crippen molar-refractivity contribution in [2.24, 2.45) is 0 Å². The molecule has 3 rings (SSSR count). The van der Waals surface area contributed by atoms with Crippen LogP contribution in [-0.4, -0.2) is 17.8 Å². The maximum atomic E-state index is 12.9. The summed E-state index contributed by atoms with van der Waals surface area (Å²) < 4.78 is 32.6. The van der Waals surface area contributed by atoms with Crippen molar-refractivity contribution in [2.75, 3.05) is 0 Å². The van der Waals surface area contributed by atoms with Crippen LogP contribution in [0.15, 0.2) is 33.6 Å². The number of sulfonamides is 1. The van der Waals surface area contributed by atoms with Gasteiger partial charge in [-0.05, 0) is 25.0 Å². The molecule has 0 spiro atoms. The second kappa shape index (κ2) is 4.98. The number of aliphatic hydroxyl groups excluding tert-OH is 1. The largest absolute Gasteiger partial charge is 0.465 e. The van der Waals surface area contributed by atoms with E-state index in [9.17, 15) is 13.5 Å². The third-order valence-electron chi connectivity index (χ3n) is 3.89. The number of aryl methyl sites for hydroxylation is 2. The molecule has 1 N–H and O–H groups in total. The molecule has 1 aromatic heterocycles. The monoisotopic (exact) mass is 307 g/mol. The van der Waals surface area contributed by atoms with Gasteiger partial charge in [-0.3, -0.25) is 0 Å². The van der Waals surface area contributed by atoms with Gasteiger partial charge in [0.15, 0.2) is 0 Å². The normalized spacial score (nSPS) is 15.4. The van der Waals surface area contributed by atoms with Crippen LogP contribution in [0, 0.1) is 13.8 Å². The number of nitrogens with zero attached hydrogens (tertiary/aromatic N) is 1. The molecular formula is C15H17NO4S. The maximum Gasteiger partial charge on any atom is 0.247 e. The van der Waals surface area contributed by atoms with E-state index in [2.05, 4.69) is 0 Å². The molecule has 0 bridgehead atoms. The van der Waals surface area contributed by atoms with E-state index in [1.165, 1.54) is 4.31 Å². The third-order valence-corrected chi connectivity index (χ3v) is 5.88. The smallest absolute Gasteiger partial charge is 0.247 e. The zero-order valence-electron chi connectivity index (χ0n) is 12.0. The van der Waals surface area contributed by atoms with Crippen LogP contribution in [0.4, 0.5) is 0 Å². The van der Waals surface area contributed by atoms with E-state index in [1.807, 2.05) is 24.3 Å². The van der Waals surface area contributed by atoms with E-state index in [1.54, 1.807) is 13.8 Å². The van der Waals surface area contributed by atoms with Crippen LogP contribution in [0.3, 0.4) is 0 Å². The Balaban J connectivity index is 2.04. The van der Waals surface area contributed by atoms with Crippen LogP contribution in [0.2, 0.25) is 0 Å². The van der Waals surface area contributed by atoms with Gasteiger partial charge in [-0.25, -0.2) is 8.42 Å². The SMILES string of the molecule is Cc1oc(C)c(S(=O)(=O)N2Cc3ccccc3C2)c1CO. The van der Waals surface area contributed by atoms with Gasteiger partial charge < -0.3 is 9.52 Å². The highest BCUT2D eigenvalue weighted by molar-refractivity contribution is 7.89. The van der Waals surface area contributed by atoms with Crippen molar-refractivity contribution in [3.05, 3.63) is 52.5 Å². The molecule has 0 atom stereocenters. The molecule has 2 heterocycles. The second-order valence-electron chi connectivity index (χ2n) is 5.22. The van der Waals surface area contributed by atoms with Crippen molar-refractivity contribution in [1.82, 2.24) is 4.31 Å². The Labute approximate surface area is 123 Å². The molecule has 2 aromatic rings. The Morgan fingerprint density at radius 2 is 1.71 bits per heavy atom. The van der Waals surface area contributed by atoms with Crippen LogP contribution in [0.25, 0.3) is 0 Å². The average molecular weight is 307 g/mol. The lowest BCUT2D eigenvalue weighted by molar-refractivity contribution is 0.276. The fourth-order valence-corrected chi connectivity index (χ4v) is 4.63. The van der Waals surface area contributed by atoms with Gasteiger partial charge in [0.1, 0.15) is 16.4 Å². The number of furan rings is 1. The fraction of sp³-hybridized carbons (Fsp3) is 0.333. The Morgan fingerprint density at radius 1 is 1.14 bits per heavy atom. The van der Waals surface area contributed by atoms with E-state index in [4.69, 9.17) is 4.42 Å². The minimum Gasteiger partial charge on any atom is -0.465 e. The standard InChI is InChI=1S/C15H17NO4S/c1-10-14(9-17)15(11(2)20-10)21(18,19)16-7-12-5-3-4-6-13(12)8-16/h3-6,17H,7-9H2,1-2H3. The van der Waals surface area contributed by atoms with E-state index < -0.39 is 10.0 Å². The minimum atomic E-state index is -3.68. The quantitative estimate of drug-likeness (QED) is 0.942. The Morgan fingerprint density at radius 3 is 2.24 bits per heavy atom. The summed E-state index contributed by atoms with van der Waals surface area (Å²) in [5.41, 5.74) is 2.39. The van der Waals surface area contributed by atoms with E-state index in [0.29, 0.717) is 30.2 Å². The average Bonchev–Trinajstić information content (AvgIpc) is 2.99. The molecule has 5 nitrogen and oxygen atoms in total. The van der Waals surface area contributed by atoms with Crippen molar-refractivity contribution in [2.45, 2.75) is 38.4 Å². The highest BCUT2D eigenvalue weighted by atomic mass is 32.2. The molecule has 0 unspecified atom stereocenters. The fourth-order valence-electron chi connectivity index (χ4n) is 2.83. The molecule has 112 valence electrons. The number of benzene rings is 1. The lowest BCUT2D eigenvalue weighted by Gasteiger charge is -2.16. The van der Waals surface area contributed by atoms with Crippen molar-refractivity contribution >= 4 is 10.0 Å². The molecule has 1 aromatic carbocycles. The van der Waals surface area contributed by atoms with E-state index in [0.717, 1.165) is 11.1 Å². The van der Waals surface area contributed by atoms with E-state index >= 15 is 0 Å². The molecule has 0 fully saturated rings. The number of rotatable bonds is 3. The van der Waals surface area contributed by atoms with Crippen molar-refractivity contribution < 1.29 is 17.9 Å². The van der Waals surface area contributed by atoms with Gasteiger partial charge in [-0.2, -0.15) is 4.31 Å². The highest BCUT2D eigenvalue weighted by Crippen LogP contribution is 2.33. The zero-order valence-corrected chi connectivity index (χ0v) is 12.8. The number of fused-ring (bicyclic) bond motifs is 1. The molecular weight excluding hydrogens is 290 g/mol. The van der Waals surface area contributed by atoms with Gasteiger partial charge in [-0.15, -0.1) is 0 Å². The predicted molar refractivity (Wildman–Crippen MR) is 77.0 cm³/mol. The van der Waals surface area contributed by atoms with Gasteiger partial charge in [0.05, 0.1) is 6.61 Å². The van der Waals surface area contributed by atoms with Gasteiger partial charge in [0, 0.05) is 18.7 Å². The molecule has 0 amide bonds. The Bertz CT molecular complexity index is 767. The van der Waals surface area contributed by atoms with Crippen LogP contribution in [-0.2, 0) is 29.7 Å². The van der Waals surface area contributed by atoms with Crippen LogP contribution < -0.4 is 0 Å². The molecule has 0 saturated carbocycles. The van der Waals surface area contributed by atoms with Crippen LogP contribution in [0.1, 0.15) is 28.2 Å². The molecule has 6 heteroatoms. The molecule has 0 aliphatic carbocycles. The van der Waals surface area contributed by atoms with Crippen molar-refractivity contribution in [1.29, 1.82) is 0 Å². The topological polar surface area (TPSA) is 70.8 Å². The first-order valence-corrected chi connectivity index (χ1v) is 8.16. The van der Waals surface area contributed by atoms with Gasteiger partial charge in [-0.1, -0.05) is 24.3 Å². The first-order chi connectivity index (χ1) is 9.95. The van der Waals surface area contributed by atoms with Gasteiger partial charge >= 0.3 is 0 Å². The number of hydrogen-bond donors (Lipinski definition) is 1. The first kappa shape index (κ1) is 14.3. The number of hydrogen-bond acceptors (Lipinski definition) is 4. The van der Waals surface area contributed by atoms with Gasteiger partial charge in [0.25, 0.3) is 0 Å². The summed E-state index contributed by atoms with van der Waals surface area (Å²) in [7, 11) is -3.68. The molecule has 1 aliphatic heterocycles. The molecule has 0 radical (unpaired) electrons. The summed E-state index contributed by atoms with van der Waals surface area (Å²) in [4.78, 5) is 0.107. The summed E-state index contributed by atoms with van der Waals surface area (Å²) in [5, 5.41) is 9.45. The van der Waals surface area contributed by atoms with Crippen molar-refractivity contribution in [3.8, 4) is 0 Å². The first-order valence-electron chi connectivity index (χ1n) is 6.71. The third kappa shape index (κ3) is 2.19. The molecule has 0 saturated heterocycles. The lowest BCUT2D eigenvalue weighted by atomic mass is 10.1. The number of aliphatic hydroxyl groups is 1. The highest BCUT2D eigenvalue weighted by Gasteiger charge is 2.35. The predicted octanol–water partition coefficient (Wildman–Crippen LogP) is 2.09. The molecule has 1 aliphatic rings. The Hall–Kier alpha value is -1.63. The minimum absolute atomic E-state index is 0.107. The van der Waals surface area contributed by atoms with Crippen LogP contribution in [0.5, 0.6) is 0 Å². The second-order valence-corrected chi connectivity index (χ2v) is 7.10. The lowest BCUT2D eigenvalue weighted by Crippen LogP contribution is -2.26. The molecule has 21 heavy (non-hydrogen) atoms. The van der Waals surface area contributed by atoms with Gasteiger partial charge in [0.2, 0.25) is 10.0 Å². The summed E-state index contributed by atoms with van der Waals surface area (Å²) >= 11 is 0. The summed E-state index contributed by atoms with van der Waals surface area (Å²) in [5.74, 6) is 0.776. The van der Waals surface area contributed by atoms with E-state index in [-0.39, 0.29) is 11.5 Å². The van der Waals surface area contributed by atoms with Crippen molar-refractivity contribution in [3.63, 3.8) is 0 Å². The zero-order chi connectivity index (χ0) is 15.2. The summed E-state index contributed by atoms with van der Waals surface area (Å²) in [6, 6.07) is 7.68.